The molecule has 0 aliphatic rings. The summed E-state index contributed by atoms with van der Waals surface area (Å²) in [6.45, 7) is 0.792. The third-order valence-corrected chi connectivity index (χ3v) is 4.43. The van der Waals surface area contributed by atoms with Gasteiger partial charge in [-0.2, -0.15) is 5.10 Å². The van der Waals surface area contributed by atoms with Gasteiger partial charge in [0.15, 0.2) is 0 Å². The monoisotopic (exact) mass is 362 g/mol. The van der Waals surface area contributed by atoms with Crippen LogP contribution >= 0.6 is 0 Å². The van der Waals surface area contributed by atoms with E-state index < -0.39 is 0 Å². The highest BCUT2D eigenvalue weighted by molar-refractivity contribution is 5.87. The number of ether oxygens (including phenoxy) is 1. The Labute approximate surface area is 157 Å². The average molecular weight is 362 g/mol. The lowest BCUT2D eigenvalue weighted by atomic mass is 10.2. The Hall–Kier alpha value is -3.32. The lowest BCUT2D eigenvalue weighted by Gasteiger charge is -2.12. The number of pyridine rings is 1. The zero-order valence-electron chi connectivity index (χ0n) is 15.6. The number of fused-ring (bicyclic) bond motifs is 1. The summed E-state index contributed by atoms with van der Waals surface area (Å²) in [6.07, 6.45) is 5.68. The van der Waals surface area contributed by atoms with Gasteiger partial charge in [-0.25, -0.2) is 4.98 Å². The highest BCUT2D eigenvalue weighted by Gasteiger charge is 2.09. The number of aromatic amines is 1. The van der Waals surface area contributed by atoms with Crippen LogP contribution in [0.25, 0.3) is 22.2 Å². The number of nitrogens with one attached hydrogen (secondary N) is 3. The molecule has 0 unspecified atom stereocenters. The molecular formula is C20H22N6O. The van der Waals surface area contributed by atoms with E-state index in [1.165, 1.54) is 0 Å². The quantitative estimate of drug-likeness (QED) is 0.490. The Bertz CT molecular complexity index is 1080. The van der Waals surface area contributed by atoms with E-state index in [-0.39, 0.29) is 0 Å². The lowest BCUT2D eigenvalue weighted by molar-refractivity contribution is 0.416. The second kappa shape index (κ2) is 7.13. The fourth-order valence-electron chi connectivity index (χ4n) is 3.10. The SMILES string of the molecule is CNCc1ccc(Nc2cc3[nH]c(-c4cnn(C)c4)cc3cn2)c(OC)c1. The van der Waals surface area contributed by atoms with Gasteiger partial charge < -0.3 is 20.4 Å². The van der Waals surface area contributed by atoms with E-state index >= 15 is 0 Å². The molecule has 3 N–H and O–H groups in total. The van der Waals surface area contributed by atoms with E-state index in [9.17, 15) is 0 Å². The molecule has 4 aromatic rings. The molecule has 0 amide bonds. The number of benzene rings is 1. The van der Waals surface area contributed by atoms with Crippen LogP contribution in [0.3, 0.4) is 0 Å². The van der Waals surface area contributed by atoms with E-state index in [0.717, 1.165) is 51.5 Å². The largest absolute Gasteiger partial charge is 0.495 e. The Kier molecular flexibility index (Phi) is 4.52. The van der Waals surface area contributed by atoms with Crippen LogP contribution in [0.15, 0.2) is 48.9 Å². The van der Waals surface area contributed by atoms with Gasteiger partial charge in [0.2, 0.25) is 0 Å². The number of hydrogen-bond donors (Lipinski definition) is 3. The van der Waals surface area contributed by atoms with Gasteiger partial charge in [0.05, 0.1) is 24.5 Å². The second-order valence-electron chi connectivity index (χ2n) is 6.43. The number of anilines is 2. The summed E-state index contributed by atoms with van der Waals surface area (Å²) >= 11 is 0. The molecule has 0 aliphatic carbocycles. The summed E-state index contributed by atoms with van der Waals surface area (Å²) in [4.78, 5) is 7.96. The molecule has 27 heavy (non-hydrogen) atoms. The van der Waals surface area contributed by atoms with E-state index in [1.807, 2.05) is 50.9 Å². The molecule has 138 valence electrons. The first-order chi connectivity index (χ1) is 13.2. The van der Waals surface area contributed by atoms with E-state index in [0.29, 0.717) is 0 Å². The molecule has 3 aromatic heterocycles. The van der Waals surface area contributed by atoms with Crippen LogP contribution in [0.5, 0.6) is 5.75 Å². The fourth-order valence-corrected chi connectivity index (χ4v) is 3.10. The van der Waals surface area contributed by atoms with Crippen molar-refractivity contribution in [2.75, 3.05) is 19.5 Å². The smallest absolute Gasteiger partial charge is 0.142 e. The molecular weight excluding hydrogens is 340 g/mol. The van der Waals surface area contributed by atoms with E-state index in [1.54, 1.807) is 11.8 Å². The van der Waals surface area contributed by atoms with Gasteiger partial charge in [0.1, 0.15) is 11.6 Å². The van der Waals surface area contributed by atoms with Crippen LogP contribution in [0.4, 0.5) is 11.5 Å². The van der Waals surface area contributed by atoms with Crippen LogP contribution in [-0.4, -0.2) is 33.9 Å². The first kappa shape index (κ1) is 17.1. The van der Waals surface area contributed by atoms with Crippen LogP contribution in [0.2, 0.25) is 0 Å². The topological polar surface area (TPSA) is 79.8 Å². The molecule has 0 saturated heterocycles. The van der Waals surface area contributed by atoms with Gasteiger partial charge in [0.25, 0.3) is 0 Å². The maximum absolute atomic E-state index is 5.52. The average Bonchev–Trinajstić information content (AvgIpc) is 3.28. The second-order valence-corrected chi connectivity index (χ2v) is 6.43. The minimum atomic E-state index is 0.752. The molecule has 0 bridgehead atoms. The first-order valence-corrected chi connectivity index (χ1v) is 8.72. The number of aryl methyl sites for hydroxylation is 1. The van der Waals surface area contributed by atoms with Gasteiger partial charge in [-0.15, -0.1) is 0 Å². The molecule has 3 heterocycles. The highest BCUT2D eigenvalue weighted by atomic mass is 16.5. The Morgan fingerprint density at radius 3 is 2.81 bits per heavy atom. The van der Waals surface area contributed by atoms with Crippen molar-refractivity contribution in [2.24, 2.45) is 7.05 Å². The number of aromatic nitrogens is 4. The Balaban J connectivity index is 1.63. The zero-order chi connectivity index (χ0) is 18.8. The maximum Gasteiger partial charge on any atom is 0.142 e. The van der Waals surface area contributed by atoms with Crippen LogP contribution < -0.4 is 15.4 Å². The number of H-pyrrole nitrogens is 1. The molecule has 7 heteroatoms. The van der Waals surface area contributed by atoms with Crippen LogP contribution in [0, 0.1) is 0 Å². The van der Waals surface area contributed by atoms with Crippen LogP contribution in [0.1, 0.15) is 5.56 Å². The van der Waals surface area contributed by atoms with Gasteiger partial charge >= 0.3 is 0 Å². The summed E-state index contributed by atoms with van der Waals surface area (Å²) in [6, 6.07) is 10.2. The summed E-state index contributed by atoms with van der Waals surface area (Å²) in [7, 11) is 5.50. The predicted octanol–water partition coefficient (Wildman–Crippen LogP) is 3.44. The van der Waals surface area contributed by atoms with Crippen molar-refractivity contribution in [1.82, 2.24) is 25.1 Å². The number of methoxy groups -OCH3 is 1. The molecule has 0 fully saturated rings. The summed E-state index contributed by atoms with van der Waals surface area (Å²) in [5.74, 6) is 1.54. The zero-order valence-corrected chi connectivity index (χ0v) is 15.6. The molecule has 1 aromatic carbocycles. The molecule has 7 nitrogen and oxygen atoms in total. The Morgan fingerprint density at radius 2 is 2.07 bits per heavy atom. The van der Waals surface area contributed by atoms with Gasteiger partial charge in [-0.1, -0.05) is 6.07 Å². The first-order valence-electron chi connectivity index (χ1n) is 8.72. The third-order valence-electron chi connectivity index (χ3n) is 4.43. The van der Waals surface area contributed by atoms with E-state index in [4.69, 9.17) is 4.74 Å². The fraction of sp³-hybridized carbons (Fsp3) is 0.200. The summed E-state index contributed by atoms with van der Waals surface area (Å²) in [5.41, 5.74) is 5.12. The lowest BCUT2D eigenvalue weighted by Crippen LogP contribution is -2.05. The van der Waals surface area contributed by atoms with Crippen molar-refractivity contribution >= 4 is 22.4 Å². The third kappa shape index (κ3) is 3.50. The Morgan fingerprint density at radius 1 is 1.19 bits per heavy atom. The summed E-state index contributed by atoms with van der Waals surface area (Å²) in [5, 5.41) is 11.8. The van der Waals surface area contributed by atoms with Gasteiger partial charge in [-0.3, -0.25) is 4.68 Å². The van der Waals surface area contributed by atoms with Crippen molar-refractivity contribution in [3.8, 4) is 17.0 Å². The number of rotatable bonds is 6. The summed E-state index contributed by atoms with van der Waals surface area (Å²) < 4.78 is 7.31. The van der Waals surface area contributed by atoms with E-state index in [2.05, 4.69) is 37.8 Å². The number of nitrogens with zero attached hydrogens (tertiary/aromatic N) is 3. The highest BCUT2D eigenvalue weighted by Crippen LogP contribution is 2.30. The molecule has 0 radical (unpaired) electrons. The van der Waals surface area contributed by atoms with Gasteiger partial charge in [0, 0.05) is 48.7 Å². The van der Waals surface area contributed by atoms with Crippen molar-refractivity contribution in [2.45, 2.75) is 6.54 Å². The standard InChI is InChI=1S/C20H22N6O/c1-21-9-13-4-5-16(19(6-13)27-3)25-20-8-18-14(10-22-20)7-17(24-18)15-11-23-26(2)12-15/h4-8,10-12,21,24H,9H2,1-3H3,(H,22,25). The molecule has 0 aliphatic heterocycles. The van der Waals surface area contributed by atoms with Crippen molar-refractivity contribution in [1.29, 1.82) is 0 Å². The minimum absolute atomic E-state index is 0.752. The van der Waals surface area contributed by atoms with Crippen molar-refractivity contribution in [3.05, 3.63) is 54.5 Å². The minimum Gasteiger partial charge on any atom is -0.495 e. The van der Waals surface area contributed by atoms with Crippen LogP contribution in [-0.2, 0) is 13.6 Å². The predicted molar refractivity (Wildman–Crippen MR) is 107 cm³/mol. The molecule has 0 atom stereocenters. The molecule has 0 spiro atoms. The van der Waals surface area contributed by atoms with Crippen molar-refractivity contribution < 1.29 is 4.74 Å². The molecule has 4 rings (SSSR count). The van der Waals surface area contributed by atoms with Crippen molar-refractivity contribution in [3.63, 3.8) is 0 Å². The number of hydrogen-bond acceptors (Lipinski definition) is 5. The maximum atomic E-state index is 5.52. The molecule has 0 saturated carbocycles. The normalized spacial score (nSPS) is 11.1. The van der Waals surface area contributed by atoms with Gasteiger partial charge in [-0.05, 0) is 30.8 Å².